The monoisotopic (exact) mass is 430 g/mol. The average molecular weight is 430 g/mol. The van der Waals surface area contributed by atoms with Gasteiger partial charge in [0.1, 0.15) is 5.65 Å². The highest BCUT2D eigenvalue weighted by molar-refractivity contribution is 7.89. The van der Waals surface area contributed by atoms with Gasteiger partial charge in [0, 0.05) is 36.8 Å². The van der Waals surface area contributed by atoms with E-state index in [4.69, 9.17) is 5.26 Å². The SMILES string of the molecule is Cc1cc(-c2cccnc2)cn2c(C=NN(C)S(=O)(=O)c3cccc(C#N)c3)cnc12. The van der Waals surface area contributed by atoms with Gasteiger partial charge in [0.05, 0.1) is 34.6 Å². The molecule has 4 aromatic rings. The van der Waals surface area contributed by atoms with Gasteiger partial charge in [0.2, 0.25) is 0 Å². The summed E-state index contributed by atoms with van der Waals surface area (Å²) in [6, 6.07) is 13.6. The van der Waals surface area contributed by atoms with Crippen LogP contribution in [-0.2, 0) is 10.0 Å². The first-order valence-electron chi connectivity index (χ1n) is 9.31. The fourth-order valence-electron chi connectivity index (χ4n) is 3.14. The standard InChI is InChI=1S/C22H18N6O2S/c1-16-9-19(18-6-4-8-24-12-18)15-28-20(13-25-22(16)28)14-26-27(2)31(29,30)21-7-3-5-17(10-21)11-23/h3-10,12-15H,1-2H3. The maximum absolute atomic E-state index is 12.8. The van der Waals surface area contributed by atoms with Crippen molar-refractivity contribution in [3.8, 4) is 17.2 Å². The smallest absolute Gasteiger partial charge is 0.278 e. The van der Waals surface area contributed by atoms with E-state index < -0.39 is 10.0 Å². The van der Waals surface area contributed by atoms with E-state index >= 15 is 0 Å². The van der Waals surface area contributed by atoms with Crippen LogP contribution in [0.1, 0.15) is 16.8 Å². The van der Waals surface area contributed by atoms with Crippen LogP contribution in [0.2, 0.25) is 0 Å². The van der Waals surface area contributed by atoms with Crippen LogP contribution in [0.25, 0.3) is 16.8 Å². The molecule has 0 saturated heterocycles. The van der Waals surface area contributed by atoms with Gasteiger partial charge < -0.3 is 0 Å². The van der Waals surface area contributed by atoms with Crippen molar-refractivity contribution in [3.63, 3.8) is 0 Å². The van der Waals surface area contributed by atoms with Crippen molar-refractivity contribution in [1.29, 1.82) is 5.26 Å². The van der Waals surface area contributed by atoms with E-state index in [0.717, 1.165) is 26.8 Å². The Kier molecular flexibility index (Phi) is 5.23. The Morgan fingerprint density at radius 1 is 1.16 bits per heavy atom. The number of nitriles is 1. The van der Waals surface area contributed by atoms with Gasteiger partial charge in [-0.2, -0.15) is 23.2 Å². The summed E-state index contributed by atoms with van der Waals surface area (Å²) in [5.74, 6) is 0. The van der Waals surface area contributed by atoms with E-state index in [2.05, 4.69) is 15.1 Å². The second-order valence-corrected chi connectivity index (χ2v) is 8.80. The van der Waals surface area contributed by atoms with Gasteiger partial charge in [-0.05, 0) is 42.8 Å². The minimum atomic E-state index is -3.89. The predicted octanol–water partition coefficient (Wildman–Crippen LogP) is 3.23. The van der Waals surface area contributed by atoms with Crippen LogP contribution >= 0.6 is 0 Å². The van der Waals surface area contributed by atoms with Gasteiger partial charge >= 0.3 is 0 Å². The number of rotatable bonds is 5. The lowest BCUT2D eigenvalue weighted by molar-refractivity contribution is 0.491. The number of hydrogen-bond acceptors (Lipinski definition) is 6. The summed E-state index contributed by atoms with van der Waals surface area (Å²) in [4.78, 5) is 8.59. The molecule has 0 atom stereocenters. The van der Waals surface area contributed by atoms with E-state index in [1.54, 1.807) is 24.7 Å². The Balaban J connectivity index is 1.69. The lowest BCUT2D eigenvalue weighted by Gasteiger charge is -2.13. The molecule has 0 amide bonds. The Morgan fingerprint density at radius 2 is 2.00 bits per heavy atom. The lowest BCUT2D eigenvalue weighted by Crippen LogP contribution is -2.22. The van der Waals surface area contributed by atoms with Crippen molar-refractivity contribution < 1.29 is 8.42 Å². The lowest BCUT2D eigenvalue weighted by atomic mass is 10.1. The zero-order valence-corrected chi connectivity index (χ0v) is 17.7. The first-order valence-corrected chi connectivity index (χ1v) is 10.8. The van der Waals surface area contributed by atoms with Gasteiger partial charge in [0.25, 0.3) is 10.0 Å². The molecule has 0 spiro atoms. The third-order valence-electron chi connectivity index (χ3n) is 4.77. The van der Waals surface area contributed by atoms with Gasteiger partial charge in [-0.3, -0.25) is 9.38 Å². The molecule has 3 heterocycles. The highest BCUT2D eigenvalue weighted by atomic mass is 32.2. The highest BCUT2D eigenvalue weighted by Gasteiger charge is 2.19. The van der Waals surface area contributed by atoms with E-state index in [1.165, 1.54) is 31.5 Å². The molecule has 0 saturated carbocycles. The number of sulfonamides is 1. The molecule has 0 radical (unpaired) electrons. The fraction of sp³-hybridized carbons (Fsp3) is 0.0909. The van der Waals surface area contributed by atoms with E-state index in [0.29, 0.717) is 5.69 Å². The Bertz CT molecular complexity index is 1440. The predicted molar refractivity (Wildman–Crippen MR) is 117 cm³/mol. The van der Waals surface area contributed by atoms with Crippen molar-refractivity contribution in [3.05, 3.63) is 84.1 Å². The van der Waals surface area contributed by atoms with E-state index in [1.807, 2.05) is 41.8 Å². The molecule has 0 aliphatic carbocycles. The second-order valence-electron chi connectivity index (χ2n) is 6.85. The second kappa shape index (κ2) is 8.01. The molecule has 9 heteroatoms. The number of nitrogens with zero attached hydrogens (tertiary/aromatic N) is 6. The van der Waals surface area contributed by atoms with Crippen LogP contribution in [0.15, 0.2) is 77.2 Å². The molecule has 1 aromatic carbocycles. The van der Waals surface area contributed by atoms with Crippen molar-refractivity contribution in [2.24, 2.45) is 5.10 Å². The Hall–Kier alpha value is -4.03. The molecule has 31 heavy (non-hydrogen) atoms. The summed E-state index contributed by atoms with van der Waals surface area (Å²) in [5, 5.41) is 13.1. The van der Waals surface area contributed by atoms with Crippen LogP contribution in [0.5, 0.6) is 0 Å². The van der Waals surface area contributed by atoms with Crippen LogP contribution in [-0.4, -0.2) is 40.5 Å². The van der Waals surface area contributed by atoms with Gasteiger partial charge in [-0.25, -0.2) is 4.98 Å². The number of imidazole rings is 1. The summed E-state index contributed by atoms with van der Waals surface area (Å²) in [7, 11) is -2.54. The van der Waals surface area contributed by atoms with Crippen LogP contribution in [0.3, 0.4) is 0 Å². The molecule has 8 nitrogen and oxygen atoms in total. The fourth-order valence-corrected chi connectivity index (χ4v) is 4.15. The summed E-state index contributed by atoms with van der Waals surface area (Å²) in [5.41, 5.74) is 4.52. The number of aryl methyl sites for hydroxylation is 1. The first-order chi connectivity index (χ1) is 14.9. The van der Waals surface area contributed by atoms with E-state index in [-0.39, 0.29) is 10.5 Å². The third-order valence-corrected chi connectivity index (χ3v) is 6.41. The molecule has 0 fully saturated rings. The third kappa shape index (κ3) is 3.89. The number of benzene rings is 1. The topological polar surface area (TPSA) is 104 Å². The van der Waals surface area contributed by atoms with Gasteiger partial charge in [-0.15, -0.1) is 0 Å². The van der Waals surface area contributed by atoms with Crippen LogP contribution in [0, 0.1) is 18.3 Å². The maximum Gasteiger partial charge on any atom is 0.278 e. The van der Waals surface area contributed by atoms with Crippen LogP contribution < -0.4 is 0 Å². The molecule has 4 rings (SSSR count). The highest BCUT2D eigenvalue weighted by Crippen LogP contribution is 2.22. The van der Waals surface area contributed by atoms with Gasteiger partial charge in [-0.1, -0.05) is 12.1 Å². The van der Waals surface area contributed by atoms with Crippen molar-refractivity contribution in [2.45, 2.75) is 11.8 Å². The molecular formula is C22H18N6O2S. The molecule has 0 unspecified atom stereocenters. The minimum Gasteiger partial charge on any atom is -0.298 e. The summed E-state index contributed by atoms with van der Waals surface area (Å²) >= 11 is 0. The van der Waals surface area contributed by atoms with Crippen molar-refractivity contribution in [1.82, 2.24) is 18.8 Å². The zero-order valence-electron chi connectivity index (χ0n) is 16.8. The maximum atomic E-state index is 12.8. The van der Waals surface area contributed by atoms with Crippen molar-refractivity contribution >= 4 is 21.9 Å². The number of fused-ring (bicyclic) bond motifs is 1. The minimum absolute atomic E-state index is 0.000879. The van der Waals surface area contributed by atoms with Gasteiger partial charge in [0.15, 0.2) is 0 Å². The van der Waals surface area contributed by atoms with Crippen LogP contribution in [0.4, 0.5) is 0 Å². The Morgan fingerprint density at radius 3 is 2.74 bits per heavy atom. The molecule has 0 aliphatic heterocycles. The van der Waals surface area contributed by atoms with E-state index in [9.17, 15) is 8.42 Å². The normalized spacial score (nSPS) is 11.6. The Labute approximate surface area is 179 Å². The molecule has 154 valence electrons. The molecule has 0 aliphatic rings. The summed E-state index contributed by atoms with van der Waals surface area (Å²) in [6.07, 6.45) is 8.49. The number of hydrazone groups is 1. The summed E-state index contributed by atoms with van der Waals surface area (Å²) < 4.78 is 28.3. The quantitative estimate of drug-likeness (QED) is 0.357. The van der Waals surface area contributed by atoms with Crippen molar-refractivity contribution in [2.75, 3.05) is 7.05 Å². The number of aromatic nitrogens is 3. The zero-order chi connectivity index (χ0) is 22.0. The molecular weight excluding hydrogens is 412 g/mol. The number of pyridine rings is 2. The molecule has 3 aromatic heterocycles. The average Bonchev–Trinajstić information content (AvgIpc) is 3.21. The summed E-state index contributed by atoms with van der Waals surface area (Å²) in [6.45, 7) is 1.96. The number of hydrogen-bond donors (Lipinski definition) is 0. The largest absolute Gasteiger partial charge is 0.298 e. The molecule has 0 bridgehead atoms. The molecule has 0 N–H and O–H groups in total. The first kappa shape index (κ1) is 20.3.